The quantitative estimate of drug-likeness (QED) is 0.488. The van der Waals surface area contributed by atoms with Crippen LogP contribution in [0.3, 0.4) is 0 Å². The molecule has 4 aromatic rings. The Morgan fingerprint density at radius 2 is 1.61 bits per heavy atom. The molecule has 3 nitrogen and oxygen atoms in total. The molecule has 3 heteroatoms. The number of nitrogens with one attached hydrogen (secondary N) is 1. The lowest BCUT2D eigenvalue weighted by atomic mass is 9.87. The number of hydrogen-bond acceptors (Lipinski definition) is 2. The number of aromatic nitrogens is 2. The molecule has 2 heterocycles. The van der Waals surface area contributed by atoms with E-state index in [1.165, 1.54) is 27.9 Å². The topological polar surface area (TPSA) is 31.9 Å². The average Bonchev–Trinajstić information content (AvgIpc) is 3.33. The van der Waals surface area contributed by atoms with Crippen molar-refractivity contribution in [3.8, 4) is 0 Å². The van der Waals surface area contributed by atoms with Crippen LogP contribution in [0.5, 0.6) is 0 Å². The summed E-state index contributed by atoms with van der Waals surface area (Å²) in [6.45, 7) is 0. The van der Waals surface area contributed by atoms with Crippen molar-refractivity contribution in [2.75, 3.05) is 4.90 Å². The Morgan fingerprint density at radius 3 is 2.54 bits per heavy atom. The van der Waals surface area contributed by atoms with Crippen molar-refractivity contribution >= 4 is 27.9 Å². The molecular formula is C25H19N3. The van der Waals surface area contributed by atoms with Crippen LogP contribution in [-0.2, 0) is 0 Å². The number of hydrogen-bond donors (Lipinski definition) is 1. The molecule has 0 saturated heterocycles. The Kier molecular flexibility index (Phi) is 3.29. The maximum Gasteiger partial charge on any atom is 0.0996 e. The van der Waals surface area contributed by atoms with Gasteiger partial charge in [-0.2, -0.15) is 5.10 Å². The molecule has 6 rings (SSSR count). The van der Waals surface area contributed by atoms with Crippen molar-refractivity contribution in [2.45, 2.75) is 12.0 Å². The number of benzene rings is 3. The molecule has 0 saturated carbocycles. The number of nitrogens with zero attached hydrogens (tertiary/aromatic N) is 2. The van der Waals surface area contributed by atoms with Crippen LogP contribution < -0.4 is 4.90 Å². The van der Waals surface area contributed by atoms with Gasteiger partial charge in [0.25, 0.3) is 0 Å². The van der Waals surface area contributed by atoms with Crippen LogP contribution in [-0.4, -0.2) is 16.2 Å². The fourth-order valence-electron chi connectivity index (χ4n) is 4.58. The monoisotopic (exact) mass is 361 g/mol. The summed E-state index contributed by atoms with van der Waals surface area (Å²) in [5, 5.41) is 8.94. The van der Waals surface area contributed by atoms with E-state index < -0.39 is 0 Å². The number of fused-ring (bicyclic) bond motifs is 4. The maximum absolute atomic E-state index is 4.61. The Labute approximate surface area is 163 Å². The minimum absolute atomic E-state index is 0.286. The van der Waals surface area contributed by atoms with Gasteiger partial charge < -0.3 is 4.90 Å². The number of anilines is 2. The van der Waals surface area contributed by atoms with Crippen LogP contribution in [0, 0.1) is 0 Å². The molecule has 0 amide bonds. The van der Waals surface area contributed by atoms with Gasteiger partial charge in [-0.15, -0.1) is 0 Å². The molecule has 3 aromatic carbocycles. The van der Waals surface area contributed by atoms with Crippen molar-refractivity contribution in [3.63, 3.8) is 0 Å². The lowest BCUT2D eigenvalue weighted by Crippen LogP contribution is -2.28. The second-order valence-corrected chi connectivity index (χ2v) is 7.38. The smallest absolute Gasteiger partial charge is 0.0996 e. The highest BCUT2D eigenvalue weighted by atomic mass is 15.2. The number of aromatic amines is 1. The molecule has 1 aliphatic carbocycles. The van der Waals surface area contributed by atoms with Crippen molar-refractivity contribution in [1.29, 1.82) is 0 Å². The summed E-state index contributed by atoms with van der Waals surface area (Å²) in [5.74, 6) is 0.312. The zero-order chi connectivity index (χ0) is 18.5. The molecule has 0 radical (unpaired) electrons. The minimum Gasteiger partial charge on any atom is -0.333 e. The molecule has 2 unspecified atom stereocenters. The standard InChI is InChI=1S/C25H19N3/c1-2-8-18(9-3-1)28-23-13-7-5-10-19(23)21-16-17(14-15-24(21)28)25-20-11-4-6-12-22(20)26-27-25/h1-16,21,24H,(H,26,27). The van der Waals surface area contributed by atoms with Gasteiger partial charge in [-0.1, -0.05) is 72.8 Å². The summed E-state index contributed by atoms with van der Waals surface area (Å²) in [6, 6.07) is 28.0. The van der Waals surface area contributed by atoms with Crippen LogP contribution in [0.1, 0.15) is 17.2 Å². The fourth-order valence-corrected chi connectivity index (χ4v) is 4.58. The van der Waals surface area contributed by atoms with Gasteiger partial charge in [-0.3, -0.25) is 5.10 Å². The van der Waals surface area contributed by atoms with E-state index in [-0.39, 0.29) is 6.04 Å². The first-order valence-electron chi connectivity index (χ1n) is 9.67. The van der Waals surface area contributed by atoms with Gasteiger partial charge in [0.05, 0.1) is 17.3 Å². The van der Waals surface area contributed by atoms with Gasteiger partial charge in [-0.25, -0.2) is 0 Å². The SMILES string of the molecule is C1=CC2C(C=C1c1n[nH]c3ccccc13)c1ccccc1N2c1ccccc1. The van der Waals surface area contributed by atoms with Crippen LogP contribution in [0.2, 0.25) is 0 Å². The largest absolute Gasteiger partial charge is 0.333 e. The Morgan fingerprint density at radius 1 is 0.821 bits per heavy atom. The first-order valence-corrected chi connectivity index (χ1v) is 9.67. The fraction of sp³-hybridized carbons (Fsp3) is 0.0800. The van der Waals surface area contributed by atoms with Gasteiger partial charge in [0, 0.05) is 22.7 Å². The average molecular weight is 361 g/mol. The molecule has 28 heavy (non-hydrogen) atoms. The van der Waals surface area contributed by atoms with Gasteiger partial charge >= 0.3 is 0 Å². The molecule has 1 aromatic heterocycles. The van der Waals surface area contributed by atoms with Crippen LogP contribution >= 0.6 is 0 Å². The van der Waals surface area contributed by atoms with E-state index >= 15 is 0 Å². The third-order valence-corrected chi connectivity index (χ3v) is 5.83. The molecule has 1 aliphatic heterocycles. The first kappa shape index (κ1) is 15.5. The van der Waals surface area contributed by atoms with Crippen LogP contribution in [0.25, 0.3) is 16.5 Å². The maximum atomic E-state index is 4.61. The Balaban J connectivity index is 1.49. The summed E-state index contributed by atoms with van der Waals surface area (Å²) >= 11 is 0. The Hall–Kier alpha value is -3.59. The lowest BCUT2D eigenvalue weighted by molar-refractivity contribution is 0.746. The van der Waals surface area contributed by atoms with Gasteiger partial charge in [-0.05, 0) is 35.4 Å². The van der Waals surface area contributed by atoms with Crippen molar-refractivity contribution in [3.05, 3.63) is 108 Å². The summed E-state index contributed by atoms with van der Waals surface area (Å²) in [5.41, 5.74) is 7.18. The van der Waals surface area contributed by atoms with Crippen LogP contribution in [0.15, 0.2) is 97.1 Å². The molecule has 0 fully saturated rings. The van der Waals surface area contributed by atoms with Gasteiger partial charge in [0.2, 0.25) is 0 Å². The van der Waals surface area contributed by atoms with E-state index in [4.69, 9.17) is 0 Å². The number of rotatable bonds is 2. The summed E-state index contributed by atoms with van der Waals surface area (Å²) in [7, 11) is 0. The number of H-pyrrole nitrogens is 1. The van der Waals surface area contributed by atoms with E-state index in [0.717, 1.165) is 11.2 Å². The van der Waals surface area contributed by atoms with E-state index in [0.29, 0.717) is 5.92 Å². The molecule has 1 N–H and O–H groups in total. The molecule has 0 bridgehead atoms. The first-order chi connectivity index (χ1) is 13.9. The van der Waals surface area contributed by atoms with E-state index in [9.17, 15) is 0 Å². The predicted octanol–water partition coefficient (Wildman–Crippen LogP) is 5.82. The van der Waals surface area contributed by atoms with Crippen molar-refractivity contribution in [1.82, 2.24) is 10.2 Å². The minimum atomic E-state index is 0.286. The molecule has 134 valence electrons. The molecule has 0 spiro atoms. The zero-order valence-electron chi connectivity index (χ0n) is 15.3. The summed E-state index contributed by atoms with van der Waals surface area (Å²) < 4.78 is 0. The number of allylic oxidation sites excluding steroid dienone is 2. The van der Waals surface area contributed by atoms with E-state index in [1.54, 1.807) is 0 Å². The second-order valence-electron chi connectivity index (χ2n) is 7.38. The van der Waals surface area contributed by atoms with Gasteiger partial charge in [0.15, 0.2) is 0 Å². The highest BCUT2D eigenvalue weighted by Crippen LogP contribution is 2.49. The van der Waals surface area contributed by atoms with E-state index in [1.807, 2.05) is 6.07 Å². The summed E-state index contributed by atoms with van der Waals surface area (Å²) in [4.78, 5) is 2.45. The van der Waals surface area contributed by atoms with Crippen molar-refractivity contribution in [2.24, 2.45) is 0 Å². The highest BCUT2D eigenvalue weighted by Gasteiger charge is 2.38. The normalized spacial score (nSPS) is 20.1. The lowest BCUT2D eigenvalue weighted by Gasteiger charge is -2.29. The summed E-state index contributed by atoms with van der Waals surface area (Å²) in [6.07, 6.45) is 6.94. The van der Waals surface area contributed by atoms with E-state index in [2.05, 4.69) is 106 Å². The molecule has 2 atom stereocenters. The Bertz CT molecular complexity index is 1230. The third kappa shape index (κ3) is 2.20. The molecule has 2 aliphatic rings. The highest BCUT2D eigenvalue weighted by molar-refractivity contribution is 5.94. The van der Waals surface area contributed by atoms with Gasteiger partial charge in [0.1, 0.15) is 0 Å². The predicted molar refractivity (Wildman–Crippen MR) is 115 cm³/mol. The number of para-hydroxylation sites is 3. The molecular weight excluding hydrogens is 342 g/mol. The second kappa shape index (κ2) is 5.96. The third-order valence-electron chi connectivity index (χ3n) is 5.83. The van der Waals surface area contributed by atoms with Crippen molar-refractivity contribution < 1.29 is 0 Å². The van der Waals surface area contributed by atoms with Crippen LogP contribution in [0.4, 0.5) is 11.4 Å². The zero-order valence-corrected chi connectivity index (χ0v) is 15.3.